The Hall–Kier alpha value is -2.10. The van der Waals surface area contributed by atoms with Gasteiger partial charge in [0.1, 0.15) is 9.40 Å². The van der Waals surface area contributed by atoms with E-state index < -0.39 is 11.9 Å². The maximum Gasteiger partial charge on any atom is 0.354 e. The van der Waals surface area contributed by atoms with E-state index in [0.717, 1.165) is 20.7 Å². The van der Waals surface area contributed by atoms with Gasteiger partial charge in [-0.05, 0) is 40.8 Å². The number of ether oxygens (including phenoxy) is 2. The first kappa shape index (κ1) is 15.3. The number of rotatable bonds is 4. The molecule has 0 aliphatic heterocycles. The van der Waals surface area contributed by atoms with E-state index in [9.17, 15) is 9.59 Å². The number of aromatic nitrogens is 2. The molecular formula is C13H12IN3O4. The Labute approximate surface area is 133 Å². The predicted molar refractivity (Wildman–Crippen MR) is 84.5 cm³/mol. The third-order valence-electron chi connectivity index (χ3n) is 2.66. The highest BCUT2D eigenvalue weighted by atomic mass is 127. The second kappa shape index (κ2) is 6.57. The van der Waals surface area contributed by atoms with Gasteiger partial charge in [-0.1, -0.05) is 0 Å². The van der Waals surface area contributed by atoms with Crippen LogP contribution in [0.25, 0.3) is 10.9 Å². The molecule has 110 valence electrons. The summed E-state index contributed by atoms with van der Waals surface area (Å²) in [7, 11) is 2.46. The van der Waals surface area contributed by atoms with Gasteiger partial charge in [0.05, 0.1) is 25.8 Å². The third kappa shape index (κ3) is 3.51. The van der Waals surface area contributed by atoms with Gasteiger partial charge in [-0.15, -0.1) is 0 Å². The van der Waals surface area contributed by atoms with Crippen molar-refractivity contribution in [2.45, 2.75) is 0 Å². The van der Waals surface area contributed by atoms with Crippen LogP contribution < -0.4 is 5.32 Å². The number of fused-ring (bicyclic) bond motifs is 1. The number of carbonyl (C=O) groups is 2. The van der Waals surface area contributed by atoms with Crippen LogP contribution in [0.5, 0.6) is 0 Å². The number of nitrogens with one attached hydrogen (secondary N) is 2. The summed E-state index contributed by atoms with van der Waals surface area (Å²) in [4.78, 5) is 22.9. The first-order chi connectivity index (χ1) is 10.0. The smallest absolute Gasteiger partial charge is 0.354 e. The van der Waals surface area contributed by atoms with Gasteiger partial charge in [0.25, 0.3) is 0 Å². The Morgan fingerprint density at radius 3 is 2.76 bits per heavy atom. The number of benzene rings is 1. The van der Waals surface area contributed by atoms with Crippen LogP contribution in [0.4, 0.5) is 5.69 Å². The lowest BCUT2D eigenvalue weighted by molar-refractivity contribution is -0.138. The molecule has 1 aromatic carbocycles. The number of H-pyrrole nitrogens is 1. The van der Waals surface area contributed by atoms with Gasteiger partial charge in [0.2, 0.25) is 0 Å². The normalized spacial score (nSPS) is 11.3. The van der Waals surface area contributed by atoms with Crippen LogP contribution in [0.1, 0.15) is 0 Å². The van der Waals surface area contributed by atoms with E-state index in [0.29, 0.717) is 5.69 Å². The highest BCUT2D eigenvalue weighted by molar-refractivity contribution is 14.1. The molecular weight excluding hydrogens is 389 g/mol. The number of hydrogen-bond donors (Lipinski definition) is 2. The number of anilines is 1. The van der Waals surface area contributed by atoms with Crippen LogP contribution in [-0.4, -0.2) is 36.4 Å². The molecule has 0 radical (unpaired) electrons. The van der Waals surface area contributed by atoms with Gasteiger partial charge >= 0.3 is 11.9 Å². The molecule has 0 bridgehead atoms. The number of hydrogen-bond acceptors (Lipinski definition) is 6. The van der Waals surface area contributed by atoms with E-state index >= 15 is 0 Å². The van der Waals surface area contributed by atoms with Crippen LogP contribution in [0.15, 0.2) is 30.0 Å². The Balaban J connectivity index is 2.31. The van der Waals surface area contributed by atoms with Gasteiger partial charge in [-0.3, -0.25) is 5.10 Å². The summed E-state index contributed by atoms with van der Waals surface area (Å²) < 4.78 is 10.0. The standard InChI is InChI=1S/C13H12IN3O4/c1-20-11(18)6-10(13(19)21-2)15-7-3-4-8-9(5-7)16-17-12(8)14/h3-6,15H,1-2H3,(H,16,17)/b10-6+. The van der Waals surface area contributed by atoms with Crippen molar-refractivity contribution in [3.8, 4) is 0 Å². The zero-order valence-corrected chi connectivity index (χ0v) is 13.4. The zero-order valence-electron chi connectivity index (χ0n) is 11.3. The molecule has 0 atom stereocenters. The predicted octanol–water partition coefficient (Wildman–Crippen LogP) is 1.81. The molecule has 1 heterocycles. The molecule has 0 aliphatic rings. The molecule has 0 saturated carbocycles. The summed E-state index contributed by atoms with van der Waals surface area (Å²) in [5.41, 5.74) is 1.33. The summed E-state index contributed by atoms with van der Waals surface area (Å²) in [5, 5.41) is 10.8. The van der Waals surface area contributed by atoms with Crippen molar-refractivity contribution in [3.63, 3.8) is 0 Å². The molecule has 8 heteroatoms. The monoisotopic (exact) mass is 401 g/mol. The minimum atomic E-state index is -0.669. The molecule has 0 spiro atoms. The first-order valence-corrected chi connectivity index (χ1v) is 6.91. The highest BCUT2D eigenvalue weighted by Gasteiger charge is 2.13. The number of aromatic amines is 1. The van der Waals surface area contributed by atoms with Gasteiger partial charge in [0.15, 0.2) is 0 Å². The second-order valence-electron chi connectivity index (χ2n) is 3.97. The maximum atomic E-state index is 11.7. The molecule has 1 aromatic heterocycles. The van der Waals surface area contributed by atoms with E-state index in [1.807, 2.05) is 6.07 Å². The summed E-state index contributed by atoms with van der Waals surface area (Å²) in [6.07, 6.45) is 1.03. The molecule has 0 aliphatic carbocycles. The topological polar surface area (TPSA) is 93.3 Å². The minimum absolute atomic E-state index is 0.0195. The molecule has 0 amide bonds. The number of esters is 2. The van der Waals surface area contributed by atoms with Gasteiger partial charge in [-0.2, -0.15) is 5.10 Å². The summed E-state index contributed by atoms with van der Waals surface area (Å²) in [5.74, 6) is -1.32. The fraction of sp³-hybridized carbons (Fsp3) is 0.154. The van der Waals surface area contributed by atoms with Crippen molar-refractivity contribution in [2.75, 3.05) is 19.5 Å². The molecule has 7 nitrogen and oxygen atoms in total. The molecule has 0 fully saturated rings. The Kier molecular flexibility index (Phi) is 4.78. The van der Waals surface area contributed by atoms with Crippen molar-refractivity contribution >= 4 is 51.1 Å². The SMILES string of the molecule is COC(=O)/C=C(/Nc1ccc2c(I)[nH]nc2c1)C(=O)OC. The minimum Gasteiger partial charge on any atom is -0.466 e. The molecule has 0 saturated heterocycles. The van der Waals surface area contributed by atoms with Crippen molar-refractivity contribution < 1.29 is 19.1 Å². The lowest BCUT2D eigenvalue weighted by Crippen LogP contribution is -2.15. The molecule has 21 heavy (non-hydrogen) atoms. The van der Waals surface area contributed by atoms with Crippen molar-refractivity contribution in [2.24, 2.45) is 0 Å². The fourth-order valence-corrected chi connectivity index (χ4v) is 2.22. The quantitative estimate of drug-likeness (QED) is 0.461. The lowest BCUT2D eigenvalue weighted by atomic mass is 10.2. The maximum absolute atomic E-state index is 11.7. The van der Waals surface area contributed by atoms with Crippen LogP contribution in [-0.2, 0) is 19.1 Å². The average molecular weight is 401 g/mol. The third-order valence-corrected chi connectivity index (χ3v) is 3.48. The van der Waals surface area contributed by atoms with Gasteiger partial charge in [0, 0.05) is 11.1 Å². The van der Waals surface area contributed by atoms with Gasteiger partial charge in [-0.25, -0.2) is 9.59 Å². The van der Waals surface area contributed by atoms with Crippen LogP contribution >= 0.6 is 22.6 Å². The Morgan fingerprint density at radius 2 is 2.10 bits per heavy atom. The Morgan fingerprint density at radius 1 is 1.33 bits per heavy atom. The first-order valence-electron chi connectivity index (χ1n) is 5.83. The van der Waals surface area contributed by atoms with E-state index in [1.165, 1.54) is 14.2 Å². The summed E-state index contributed by atoms with van der Waals surface area (Å²) in [6.45, 7) is 0. The average Bonchev–Trinajstić information content (AvgIpc) is 2.86. The number of nitrogens with zero attached hydrogens (tertiary/aromatic N) is 1. The van der Waals surface area contributed by atoms with E-state index in [2.05, 4.69) is 47.6 Å². The van der Waals surface area contributed by atoms with E-state index in [-0.39, 0.29) is 5.70 Å². The van der Waals surface area contributed by atoms with Crippen LogP contribution in [0.2, 0.25) is 0 Å². The van der Waals surface area contributed by atoms with Crippen molar-refractivity contribution in [3.05, 3.63) is 33.7 Å². The van der Waals surface area contributed by atoms with Crippen LogP contribution in [0.3, 0.4) is 0 Å². The summed E-state index contributed by atoms with van der Waals surface area (Å²) in [6, 6.07) is 5.38. The lowest BCUT2D eigenvalue weighted by Gasteiger charge is -2.08. The number of methoxy groups -OCH3 is 2. The molecule has 2 rings (SSSR count). The van der Waals surface area contributed by atoms with E-state index in [1.54, 1.807) is 12.1 Å². The summed E-state index contributed by atoms with van der Waals surface area (Å²) >= 11 is 2.14. The van der Waals surface area contributed by atoms with Crippen molar-refractivity contribution in [1.29, 1.82) is 0 Å². The second-order valence-corrected chi connectivity index (χ2v) is 5.05. The zero-order chi connectivity index (χ0) is 15.4. The molecule has 2 N–H and O–H groups in total. The van der Waals surface area contributed by atoms with Gasteiger partial charge < -0.3 is 14.8 Å². The van der Waals surface area contributed by atoms with Crippen LogP contribution in [0, 0.1) is 3.70 Å². The number of carbonyl (C=O) groups excluding carboxylic acids is 2. The Bertz CT molecular complexity index is 723. The van der Waals surface area contributed by atoms with E-state index in [4.69, 9.17) is 0 Å². The molecule has 2 aromatic rings. The number of halogens is 1. The fourth-order valence-electron chi connectivity index (χ4n) is 1.65. The largest absolute Gasteiger partial charge is 0.466 e. The van der Waals surface area contributed by atoms with Crippen molar-refractivity contribution in [1.82, 2.24) is 10.2 Å². The highest BCUT2D eigenvalue weighted by Crippen LogP contribution is 2.22. The molecule has 0 unspecified atom stereocenters.